The van der Waals surface area contributed by atoms with E-state index in [2.05, 4.69) is 15.2 Å². The largest absolute Gasteiger partial charge is 0.506 e. The fourth-order valence-electron chi connectivity index (χ4n) is 5.52. The van der Waals surface area contributed by atoms with Crippen molar-refractivity contribution in [2.45, 2.75) is 44.7 Å². The molecule has 10 nitrogen and oxygen atoms in total. The first-order chi connectivity index (χ1) is 19.2. The molecule has 2 fully saturated rings. The van der Waals surface area contributed by atoms with Gasteiger partial charge in [0.2, 0.25) is 0 Å². The molecule has 0 spiro atoms. The first kappa shape index (κ1) is 27.7. The number of hydrogen-bond donors (Lipinski definition) is 3. The van der Waals surface area contributed by atoms with Gasteiger partial charge >= 0.3 is 5.97 Å². The van der Waals surface area contributed by atoms with Crippen LogP contribution in [0.3, 0.4) is 0 Å². The Bertz CT molecular complexity index is 1470. The lowest BCUT2D eigenvalue weighted by Crippen LogP contribution is -2.57. The van der Waals surface area contributed by atoms with E-state index < -0.39 is 40.1 Å². The number of nitrogens with zero attached hydrogens (tertiary/aromatic N) is 3. The number of carboxylic acids is 1. The Morgan fingerprint density at radius 3 is 2.45 bits per heavy atom. The molecule has 1 saturated carbocycles. The number of benzene rings is 1. The summed E-state index contributed by atoms with van der Waals surface area (Å²) >= 11 is 0. The summed E-state index contributed by atoms with van der Waals surface area (Å²) in [6, 6.07) is 7.34. The highest BCUT2D eigenvalue weighted by Crippen LogP contribution is 2.34. The maximum Gasteiger partial charge on any atom is 0.329 e. The average Bonchev–Trinajstić information content (AvgIpc) is 2.95. The first-order valence-corrected chi connectivity index (χ1v) is 13.6. The standard InChI is InChI=1S/C29H33FN4O6/c1-18-6-8-29(9-7-18,28(38)39)32-26(36)23-24(35)22-16-20(19-2-4-21(30)5-3-19)17-31-25(22)34(27(23)37)11-10-33-12-14-40-15-13-33/h2-5,16-18,35H,6-15H2,1H3,(H,32,36)(H,38,39)/t18-,29-. The van der Waals surface area contributed by atoms with Crippen LogP contribution in [0.2, 0.25) is 0 Å². The number of morpholine rings is 1. The van der Waals surface area contributed by atoms with Gasteiger partial charge in [0.1, 0.15) is 28.3 Å². The van der Waals surface area contributed by atoms with Crippen LogP contribution in [0.25, 0.3) is 22.2 Å². The average molecular weight is 553 g/mol. The third kappa shape index (κ3) is 5.44. The summed E-state index contributed by atoms with van der Waals surface area (Å²) in [6.07, 6.45) is 3.22. The predicted octanol–water partition coefficient (Wildman–Crippen LogP) is 3.00. The molecule has 0 bridgehead atoms. The molecule has 0 radical (unpaired) electrons. The Hall–Kier alpha value is -3.83. The Morgan fingerprint density at radius 1 is 1.12 bits per heavy atom. The highest BCUT2D eigenvalue weighted by Gasteiger charge is 2.43. The molecule has 5 rings (SSSR count). The summed E-state index contributed by atoms with van der Waals surface area (Å²) in [7, 11) is 0. The number of aromatic nitrogens is 2. The SMILES string of the molecule is C[C@H]1CC[C@@](NC(=O)c2c(O)c3cc(-c4ccc(F)cc4)cnc3n(CCN3CCOCC3)c2=O)(C(=O)O)CC1. The molecule has 0 atom stereocenters. The van der Waals surface area contributed by atoms with Gasteiger partial charge in [0.15, 0.2) is 0 Å². The summed E-state index contributed by atoms with van der Waals surface area (Å²) in [5.41, 5.74) is -1.42. The van der Waals surface area contributed by atoms with E-state index in [9.17, 15) is 29.0 Å². The molecule has 3 aromatic rings. The molecule has 40 heavy (non-hydrogen) atoms. The van der Waals surface area contributed by atoms with Crippen LogP contribution >= 0.6 is 0 Å². The Morgan fingerprint density at radius 2 is 1.80 bits per heavy atom. The monoisotopic (exact) mass is 552 g/mol. The second-order valence-electron chi connectivity index (χ2n) is 10.8. The van der Waals surface area contributed by atoms with Crippen molar-refractivity contribution in [2.24, 2.45) is 5.92 Å². The second-order valence-corrected chi connectivity index (χ2v) is 10.8. The number of carbonyl (C=O) groups excluding carboxylic acids is 1. The summed E-state index contributed by atoms with van der Waals surface area (Å²) in [5.74, 6) is -2.75. The zero-order chi connectivity index (χ0) is 28.4. The van der Waals surface area contributed by atoms with Crippen LogP contribution in [-0.2, 0) is 16.1 Å². The number of aromatic hydroxyl groups is 1. The van der Waals surface area contributed by atoms with Crippen molar-refractivity contribution in [3.05, 3.63) is 58.3 Å². The number of carboxylic acid groups (broad SMARTS) is 1. The third-order valence-electron chi connectivity index (χ3n) is 8.11. The molecule has 1 aliphatic heterocycles. The van der Waals surface area contributed by atoms with E-state index in [1.54, 1.807) is 18.2 Å². The minimum Gasteiger partial charge on any atom is -0.506 e. The molecule has 3 heterocycles. The number of pyridine rings is 2. The van der Waals surface area contributed by atoms with Gasteiger partial charge in [0, 0.05) is 37.9 Å². The van der Waals surface area contributed by atoms with Gasteiger partial charge in [-0.3, -0.25) is 19.1 Å². The van der Waals surface area contributed by atoms with Crippen LogP contribution < -0.4 is 10.9 Å². The smallest absolute Gasteiger partial charge is 0.329 e. The van der Waals surface area contributed by atoms with Crippen LogP contribution in [0.5, 0.6) is 5.75 Å². The molecular formula is C29H33FN4O6. The molecule has 1 saturated heterocycles. The molecular weight excluding hydrogens is 519 g/mol. The lowest BCUT2D eigenvalue weighted by molar-refractivity contribution is -0.146. The van der Waals surface area contributed by atoms with Gasteiger partial charge in [-0.2, -0.15) is 0 Å². The van der Waals surface area contributed by atoms with E-state index in [1.165, 1.54) is 22.9 Å². The van der Waals surface area contributed by atoms with Crippen molar-refractivity contribution >= 4 is 22.9 Å². The van der Waals surface area contributed by atoms with Crippen molar-refractivity contribution in [2.75, 3.05) is 32.8 Å². The van der Waals surface area contributed by atoms with Gasteiger partial charge in [-0.15, -0.1) is 0 Å². The second kappa shape index (κ2) is 11.3. The van der Waals surface area contributed by atoms with Gasteiger partial charge in [0.05, 0.1) is 18.6 Å². The Kier molecular flexibility index (Phi) is 7.86. The molecule has 11 heteroatoms. The van der Waals surface area contributed by atoms with Crippen molar-refractivity contribution in [1.29, 1.82) is 0 Å². The predicted molar refractivity (Wildman–Crippen MR) is 146 cm³/mol. The van der Waals surface area contributed by atoms with E-state index in [4.69, 9.17) is 4.74 Å². The van der Waals surface area contributed by atoms with E-state index in [0.29, 0.717) is 62.7 Å². The van der Waals surface area contributed by atoms with Gasteiger partial charge < -0.3 is 20.3 Å². The van der Waals surface area contributed by atoms with Crippen LogP contribution in [0.4, 0.5) is 4.39 Å². The number of ether oxygens (including phenoxy) is 1. The molecule has 1 aromatic carbocycles. The number of fused-ring (bicyclic) bond motifs is 1. The number of aliphatic carboxylic acids is 1. The van der Waals surface area contributed by atoms with Crippen LogP contribution in [0, 0.1) is 11.7 Å². The highest BCUT2D eigenvalue weighted by molar-refractivity contribution is 6.04. The summed E-state index contributed by atoms with van der Waals surface area (Å²) in [6.45, 7) is 5.26. The molecule has 2 aliphatic rings. The van der Waals surface area contributed by atoms with Crippen molar-refractivity contribution in [1.82, 2.24) is 19.8 Å². The van der Waals surface area contributed by atoms with E-state index >= 15 is 0 Å². The molecule has 1 amide bonds. The maximum atomic E-state index is 13.7. The Labute approximate surface area is 230 Å². The lowest BCUT2D eigenvalue weighted by atomic mass is 9.77. The topological polar surface area (TPSA) is 134 Å². The first-order valence-electron chi connectivity index (χ1n) is 13.6. The number of hydrogen-bond acceptors (Lipinski definition) is 7. The zero-order valence-corrected chi connectivity index (χ0v) is 22.4. The summed E-state index contributed by atoms with van der Waals surface area (Å²) in [5, 5.41) is 24.1. The number of amides is 1. The fraction of sp³-hybridized carbons (Fsp3) is 0.448. The summed E-state index contributed by atoms with van der Waals surface area (Å²) in [4.78, 5) is 46.2. The molecule has 2 aromatic heterocycles. The van der Waals surface area contributed by atoms with Gasteiger partial charge in [-0.1, -0.05) is 19.1 Å². The number of nitrogens with one attached hydrogen (secondary N) is 1. The van der Waals surface area contributed by atoms with Gasteiger partial charge in [0.25, 0.3) is 11.5 Å². The molecule has 1 aliphatic carbocycles. The van der Waals surface area contributed by atoms with Crippen LogP contribution in [0.1, 0.15) is 43.0 Å². The third-order valence-corrected chi connectivity index (χ3v) is 8.11. The zero-order valence-electron chi connectivity index (χ0n) is 22.4. The number of rotatable bonds is 7. The quantitative estimate of drug-likeness (QED) is 0.407. The number of carbonyl (C=O) groups is 2. The van der Waals surface area contributed by atoms with Gasteiger partial charge in [-0.25, -0.2) is 14.2 Å². The van der Waals surface area contributed by atoms with Crippen molar-refractivity contribution < 1.29 is 28.9 Å². The Balaban J connectivity index is 1.59. The van der Waals surface area contributed by atoms with Crippen LogP contribution in [-0.4, -0.2) is 74.9 Å². The number of halogens is 1. The maximum absolute atomic E-state index is 13.7. The van der Waals surface area contributed by atoms with Gasteiger partial charge in [-0.05, 0) is 55.4 Å². The molecule has 212 valence electrons. The van der Waals surface area contributed by atoms with E-state index in [0.717, 1.165) is 0 Å². The van der Waals surface area contributed by atoms with E-state index in [-0.39, 0.29) is 30.4 Å². The normalized spacial score (nSPS) is 21.8. The minimum absolute atomic E-state index is 0.162. The minimum atomic E-state index is -1.52. The fourth-order valence-corrected chi connectivity index (χ4v) is 5.52. The summed E-state index contributed by atoms with van der Waals surface area (Å²) < 4.78 is 20.3. The highest BCUT2D eigenvalue weighted by atomic mass is 19.1. The van der Waals surface area contributed by atoms with Crippen LogP contribution in [0.15, 0.2) is 41.3 Å². The lowest BCUT2D eigenvalue weighted by Gasteiger charge is -2.36. The molecule has 0 unspecified atom stereocenters. The van der Waals surface area contributed by atoms with E-state index in [1.807, 2.05) is 6.92 Å². The van der Waals surface area contributed by atoms with Crippen molar-refractivity contribution in [3.8, 4) is 16.9 Å². The molecule has 3 N–H and O–H groups in total. The van der Waals surface area contributed by atoms with Crippen molar-refractivity contribution in [3.63, 3.8) is 0 Å².